The second-order valence-electron chi connectivity index (χ2n) is 8.03. The van der Waals surface area contributed by atoms with E-state index >= 15 is 0 Å². The van der Waals surface area contributed by atoms with Crippen molar-refractivity contribution in [1.29, 1.82) is 0 Å². The van der Waals surface area contributed by atoms with Gasteiger partial charge >= 0.3 is 0 Å². The number of Topliss-reactive ketones (excluding diaryl/α,β-unsaturated/α-hetero) is 1. The molecule has 32 heavy (non-hydrogen) atoms. The maximum atomic E-state index is 12.7. The summed E-state index contributed by atoms with van der Waals surface area (Å²) < 4.78 is 5.93. The number of piperazine rings is 1. The molecule has 0 spiro atoms. The summed E-state index contributed by atoms with van der Waals surface area (Å²) in [6.07, 6.45) is 0.770. The van der Waals surface area contributed by atoms with Crippen molar-refractivity contribution < 1.29 is 14.3 Å². The number of rotatable bonds is 7. The smallest absolute Gasteiger partial charge is 0.260 e. The van der Waals surface area contributed by atoms with Crippen molar-refractivity contribution in [3.05, 3.63) is 95.6 Å². The molecule has 0 atom stereocenters. The van der Waals surface area contributed by atoms with E-state index in [-0.39, 0.29) is 18.3 Å². The van der Waals surface area contributed by atoms with Gasteiger partial charge in [-0.2, -0.15) is 0 Å². The van der Waals surface area contributed by atoms with Crippen molar-refractivity contribution in [2.75, 3.05) is 37.7 Å². The van der Waals surface area contributed by atoms with Crippen LogP contribution in [0.15, 0.2) is 78.9 Å². The lowest BCUT2D eigenvalue weighted by molar-refractivity contribution is -0.133. The van der Waals surface area contributed by atoms with E-state index < -0.39 is 0 Å². The highest BCUT2D eigenvalue weighted by atomic mass is 16.5. The van der Waals surface area contributed by atoms with Crippen LogP contribution < -0.4 is 9.64 Å². The second-order valence-corrected chi connectivity index (χ2v) is 8.03. The first kappa shape index (κ1) is 21.6. The first-order valence-electron chi connectivity index (χ1n) is 11.0. The molecule has 5 nitrogen and oxygen atoms in total. The molecule has 3 aromatic rings. The quantitative estimate of drug-likeness (QED) is 0.529. The highest BCUT2D eigenvalue weighted by Crippen LogP contribution is 2.22. The fourth-order valence-electron chi connectivity index (χ4n) is 3.96. The van der Waals surface area contributed by atoms with E-state index in [0.29, 0.717) is 18.7 Å². The van der Waals surface area contributed by atoms with Gasteiger partial charge in [-0.05, 0) is 48.4 Å². The van der Waals surface area contributed by atoms with Gasteiger partial charge in [0.2, 0.25) is 0 Å². The summed E-state index contributed by atoms with van der Waals surface area (Å²) in [6, 6.07) is 25.8. The monoisotopic (exact) mass is 428 g/mol. The van der Waals surface area contributed by atoms with Crippen molar-refractivity contribution >= 4 is 17.4 Å². The molecule has 0 N–H and O–H groups in total. The molecule has 1 saturated heterocycles. The Morgan fingerprint density at radius 1 is 0.812 bits per heavy atom. The molecule has 3 aromatic carbocycles. The topological polar surface area (TPSA) is 49.9 Å². The van der Waals surface area contributed by atoms with Crippen LogP contribution in [-0.4, -0.2) is 49.4 Å². The Hall–Kier alpha value is -3.60. The van der Waals surface area contributed by atoms with Crippen LogP contribution in [0.4, 0.5) is 5.69 Å². The van der Waals surface area contributed by atoms with Crippen LogP contribution >= 0.6 is 0 Å². The predicted molar refractivity (Wildman–Crippen MR) is 126 cm³/mol. The number of ketones is 1. The molecule has 1 aliphatic rings. The van der Waals surface area contributed by atoms with Gasteiger partial charge in [0.25, 0.3) is 5.91 Å². The largest absolute Gasteiger partial charge is 0.483 e. The minimum atomic E-state index is 0.00564. The van der Waals surface area contributed by atoms with E-state index in [1.165, 1.54) is 5.56 Å². The summed E-state index contributed by atoms with van der Waals surface area (Å²) in [5.74, 6) is 0.831. The first-order chi connectivity index (χ1) is 15.6. The third-order valence-corrected chi connectivity index (χ3v) is 5.83. The average Bonchev–Trinajstić information content (AvgIpc) is 2.84. The Balaban J connectivity index is 1.30. The molecule has 0 aliphatic carbocycles. The van der Waals surface area contributed by atoms with Gasteiger partial charge in [0.15, 0.2) is 12.4 Å². The second kappa shape index (κ2) is 10.1. The summed E-state index contributed by atoms with van der Waals surface area (Å²) in [6.45, 7) is 4.44. The number of hydrogen-bond donors (Lipinski definition) is 0. The Morgan fingerprint density at radius 2 is 1.47 bits per heavy atom. The number of nitrogens with zero attached hydrogens (tertiary/aromatic N) is 2. The van der Waals surface area contributed by atoms with Crippen molar-refractivity contribution in [1.82, 2.24) is 4.90 Å². The number of ether oxygens (including phenoxy) is 1. The van der Waals surface area contributed by atoms with Crippen LogP contribution in [0.2, 0.25) is 0 Å². The Kier molecular flexibility index (Phi) is 6.85. The summed E-state index contributed by atoms with van der Waals surface area (Å²) in [7, 11) is 0. The van der Waals surface area contributed by atoms with Gasteiger partial charge in [-0.15, -0.1) is 0 Å². The summed E-state index contributed by atoms with van der Waals surface area (Å²) in [5.41, 5.74) is 4.08. The zero-order valence-electron chi connectivity index (χ0n) is 18.4. The van der Waals surface area contributed by atoms with E-state index in [4.69, 9.17) is 4.74 Å². The van der Waals surface area contributed by atoms with Gasteiger partial charge in [-0.3, -0.25) is 9.59 Å². The number of carbonyl (C=O) groups is 2. The molecule has 1 heterocycles. The van der Waals surface area contributed by atoms with E-state index in [2.05, 4.69) is 17.0 Å². The summed E-state index contributed by atoms with van der Waals surface area (Å²) in [4.78, 5) is 28.3. The first-order valence-corrected chi connectivity index (χ1v) is 11.0. The van der Waals surface area contributed by atoms with Crippen LogP contribution in [-0.2, 0) is 11.2 Å². The number of carbonyl (C=O) groups excluding carboxylic acids is 2. The number of benzene rings is 3. The van der Waals surface area contributed by atoms with E-state index in [1.807, 2.05) is 71.6 Å². The molecule has 1 aliphatic heterocycles. The zero-order chi connectivity index (χ0) is 22.3. The van der Waals surface area contributed by atoms with E-state index in [9.17, 15) is 9.59 Å². The molecular weight excluding hydrogens is 400 g/mol. The third kappa shape index (κ3) is 5.35. The summed E-state index contributed by atoms with van der Waals surface area (Å²) >= 11 is 0. The highest BCUT2D eigenvalue weighted by Gasteiger charge is 2.22. The SMILES string of the molecule is CC(=O)c1ccc(N2CCN(C(=O)COc3ccccc3Cc3ccccc3)CC2)cc1. The normalized spacial score (nSPS) is 13.7. The van der Waals surface area contributed by atoms with Gasteiger partial charge in [-0.25, -0.2) is 0 Å². The Labute approximate surface area is 189 Å². The maximum absolute atomic E-state index is 12.7. The third-order valence-electron chi connectivity index (χ3n) is 5.83. The number of amides is 1. The van der Waals surface area contributed by atoms with Crippen LogP contribution in [0.1, 0.15) is 28.4 Å². The van der Waals surface area contributed by atoms with Gasteiger partial charge in [0, 0.05) is 43.9 Å². The Bertz CT molecular complexity index is 1060. The lowest BCUT2D eigenvalue weighted by atomic mass is 10.0. The van der Waals surface area contributed by atoms with Crippen molar-refractivity contribution in [3.63, 3.8) is 0 Å². The van der Waals surface area contributed by atoms with Gasteiger partial charge in [0.05, 0.1) is 0 Å². The van der Waals surface area contributed by atoms with Gasteiger partial charge in [0.1, 0.15) is 5.75 Å². The van der Waals surface area contributed by atoms with Gasteiger partial charge in [-0.1, -0.05) is 48.5 Å². The lowest BCUT2D eigenvalue weighted by Gasteiger charge is -2.36. The Morgan fingerprint density at radius 3 is 2.16 bits per heavy atom. The van der Waals surface area contributed by atoms with Crippen molar-refractivity contribution in [2.45, 2.75) is 13.3 Å². The number of para-hydroxylation sites is 1. The van der Waals surface area contributed by atoms with Crippen LogP contribution in [0, 0.1) is 0 Å². The molecule has 164 valence electrons. The number of hydrogen-bond acceptors (Lipinski definition) is 4. The molecule has 0 saturated carbocycles. The number of anilines is 1. The van der Waals surface area contributed by atoms with Crippen molar-refractivity contribution in [2.24, 2.45) is 0 Å². The molecule has 1 amide bonds. The molecule has 1 fully saturated rings. The zero-order valence-corrected chi connectivity index (χ0v) is 18.4. The standard InChI is InChI=1S/C27H28N2O3/c1-21(30)23-11-13-25(14-12-23)28-15-17-29(18-16-28)27(31)20-32-26-10-6-5-9-24(26)19-22-7-3-2-4-8-22/h2-14H,15-20H2,1H3. The molecule has 0 bridgehead atoms. The minimum absolute atomic E-state index is 0.00564. The molecular formula is C27H28N2O3. The predicted octanol–water partition coefficient (Wildman–Crippen LogP) is 4.21. The maximum Gasteiger partial charge on any atom is 0.260 e. The van der Waals surface area contributed by atoms with E-state index in [0.717, 1.165) is 36.5 Å². The minimum Gasteiger partial charge on any atom is -0.483 e. The summed E-state index contributed by atoms with van der Waals surface area (Å²) in [5, 5.41) is 0. The highest BCUT2D eigenvalue weighted by molar-refractivity contribution is 5.94. The van der Waals surface area contributed by atoms with Gasteiger partial charge < -0.3 is 14.5 Å². The van der Waals surface area contributed by atoms with E-state index in [1.54, 1.807) is 6.92 Å². The van der Waals surface area contributed by atoms with Crippen LogP contribution in [0.3, 0.4) is 0 Å². The molecule has 4 rings (SSSR count). The van der Waals surface area contributed by atoms with Crippen LogP contribution in [0.5, 0.6) is 5.75 Å². The molecule has 5 heteroatoms. The fraction of sp³-hybridized carbons (Fsp3) is 0.259. The average molecular weight is 429 g/mol. The molecule has 0 unspecified atom stereocenters. The molecule has 0 radical (unpaired) electrons. The van der Waals surface area contributed by atoms with Crippen molar-refractivity contribution in [3.8, 4) is 5.75 Å². The fourth-order valence-corrected chi connectivity index (χ4v) is 3.96. The van der Waals surface area contributed by atoms with Crippen LogP contribution in [0.25, 0.3) is 0 Å². The lowest BCUT2D eigenvalue weighted by Crippen LogP contribution is -2.50. The molecule has 0 aromatic heterocycles.